The van der Waals surface area contributed by atoms with Crippen LogP contribution in [0.1, 0.15) is 12.1 Å². The molecule has 2 N–H and O–H groups in total. The zero-order chi connectivity index (χ0) is 13.2. The summed E-state index contributed by atoms with van der Waals surface area (Å²) in [5, 5.41) is -0.0365. The Kier molecular flexibility index (Phi) is 4.03. The molecule has 1 aromatic rings. The second-order valence-electron chi connectivity index (χ2n) is 3.60. The molecule has 0 saturated carbocycles. The van der Waals surface area contributed by atoms with E-state index in [-0.39, 0.29) is 23.3 Å². The molecule has 0 amide bonds. The molecule has 8 heteroatoms. The van der Waals surface area contributed by atoms with Gasteiger partial charge in [0.25, 0.3) is 0 Å². The standard InChI is InChI=1S/C9H12ClF3N4/c1-5-6(14)7(16-8(10)15-5)17(2)4-3-9(11,12)13/h3-4,14H2,1-2H3. The van der Waals surface area contributed by atoms with Crippen molar-refractivity contribution in [2.75, 3.05) is 24.2 Å². The van der Waals surface area contributed by atoms with Gasteiger partial charge < -0.3 is 10.6 Å². The number of aromatic nitrogens is 2. The van der Waals surface area contributed by atoms with Gasteiger partial charge in [0.1, 0.15) is 0 Å². The lowest BCUT2D eigenvalue weighted by molar-refractivity contribution is -0.132. The minimum absolute atomic E-state index is 0.0365. The van der Waals surface area contributed by atoms with Gasteiger partial charge in [0.15, 0.2) is 5.82 Å². The normalized spacial score (nSPS) is 11.6. The molecule has 0 aliphatic heterocycles. The lowest BCUT2D eigenvalue weighted by atomic mass is 10.3. The van der Waals surface area contributed by atoms with Gasteiger partial charge in [0.2, 0.25) is 5.28 Å². The third kappa shape index (κ3) is 3.92. The maximum Gasteiger partial charge on any atom is 0.390 e. The van der Waals surface area contributed by atoms with E-state index in [0.717, 1.165) is 0 Å². The highest BCUT2D eigenvalue weighted by Gasteiger charge is 2.27. The summed E-state index contributed by atoms with van der Waals surface area (Å²) in [6.07, 6.45) is -5.15. The maximum atomic E-state index is 12.1. The number of hydrogen-bond acceptors (Lipinski definition) is 4. The Morgan fingerprint density at radius 2 is 1.94 bits per heavy atom. The van der Waals surface area contributed by atoms with E-state index in [4.69, 9.17) is 17.3 Å². The van der Waals surface area contributed by atoms with Gasteiger partial charge in [0, 0.05) is 13.6 Å². The molecule has 1 rings (SSSR count). The number of halogens is 4. The zero-order valence-corrected chi connectivity index (χ0v) is 10.1. The van der Waals surface area contributed by atoms with Crippen molar-refractivity contribution in [3.63, 3.8) is 0 Å². The number of anilines is 2. The molecule has 0 aliphatic carbocycles. The average molecular weight is 269 g/mol. The second kappa shape index (κ2) is 4.95. The second-order valence-corrected chi connectivity index (χ2v) is 3.94. The molecule has 0 unspecified atom stereocenters. The van der Waals surface area contributed by atoms with Crippen LogP contribution in [-0.4, -0.2) is 29.7 Å². The molecule has 0 bridgehead atoms. The summed E-state index contributed by atoms with van der Waals surface area (Å²) in [5.41, 5.74) is 6.36. The van der Waals surface area contributed by atoms with Gasteiger partial charge in [-0.2, -0.15) is 18.2 Å². The van der Waals surface area contributed by atoms with E-state index in [1.54, 1.807) is 6.92 Å². The van der Waals surface area contributed by atoms with Gasteiger partial charge in [0.05, 0.1) is 17.8 Å². The van der Waals surface area contributed by atoms with Crippen molar-refractivity contribution in [3.05, 3.63) is 11.0 Å². The fourth-order valence-corrected chi connectivity index (χ4v) is 1.43. The summed E-state index contributed by atoms with van der Waals surface area (Å²) in [7, 11) is 1.47. The van der Waals surface area contributed by atoms with E-state index in [9.17, 15) is 13.2 Å². The van der Waals surface area contributed by atoms with Gasteiger partial charge >= 0.3 is 6.18 Å². The van der Waals surface area contributed by atoms with Crippen LogP contribution in [0.5, 0.6) is 0 Å². The number of alkyl halides is 3. The Bertz CT molecular complexity index is 408. The van der Waals surface area contributed by atoms with Gasteiger partial charge in [-0.15, -0.1) is 0 Å². The molecule has 1 aromatic heterocycles. The predicted molar refractivity (Wildman–Crippen MR) is 60.1 cm³/mol. The quantitative estimate of drug-likeness (QED) is 0.856. The Labute approximate surface area is 102 Å². The van der Waals surface area contributed by atoms with Crippen LogP contribution in [-0.2, 0) is 0 Å². The Morgan fingerprint density at radius 1 is 1.35 bits per heavy atom. The molecule has 0 saturated heterocycles. The van der Waals surface area contributed by atoms with Gasteiger partial charge in [-0.3, -0.25) is 0 Å². The van der Waals surface area contributed by atoms with E-state index in [1.165, 1.54) is 11.9 Å². The van der Waals surface area contributed by atoms with Crippen molar-refractivity contribution in [3.8, 4) is 0 Å². The molecule has 17 heavy (non-hydrogen) atoms. The SMILES string of the molecule is Cc1nc(Cl)nc(N(C)CCC(F)(F)F)c1N. The number of nitrogens with two attached hydrogens (primary N) is 1. The van der Waals surface area contributed by atoms with E-state index in [2.05, 4.69) is 9.97 Å². The molecule has 0 atom stereocenters. The molecule has 0 fully saturated rings. The van der Waals surface area contributed by atoms with E-state index in [1.807, 2.05) is 0 Å². The molecule has 0 radical (unpaired) electrons. The number of hydrogen-bond donors (Lipinski definition) is 1. The molecule has 0 spiro atoms. The van der Waals surface area contributed by atoms with Crippen molar-refractivity contribution in [1.29, 1.82) is 0 Å². The first kappa shape index (κ1) is 13.8. The van der Waals surface area contributed by atoms with E-state index in [0.29, 0.717) is 5.69 Å². The molecule has 0 aromatic carbocycles. The monoisotopic (exact) mass is 268 g/mol. The predicted octanol–water partition coefficient (Wildman–Crippen LogP) is 2.41. The maximum absolute atomic E-state index is 12.1. The van der Waals surface area contributed by atoms with Crippen LogP contribution in [0.2, 0.25) is 5.28 Å². The highest BCUT2D eigenvalue weighted by Crippen LogP contribution is 2.26. The molecular formula is C9H12ClF3N4. The summed E-state index contributed by atoms with van der Waals surface area (Å²) < 4.78 is 36.2. The fourth-order valence-electron chi connectivity index (χ4n) is 1.22. The largest absolute Gasteiger partial charge is 0.394 e. The third-order valence-corrected chi connectivity index (χ3v) is 2.35. The summed E-state index contributed by atoms with van der Waals surface area (Å²) in [6.45, 7) is 1.38. The summed E-state index contributed by atoms with van der Waals surface area (Å²) in [4.78, 5) is 8.94. The first-order valence-corrected chi connectivity index (χ1v) is 5.16. The third-order valence-electron chi connectivity index (χ3n) is 2.18. The summed E-state index contributed by atoms with van der Waals surface area (Å²) in [5.74, 6) is 0.215. The van der Waals surface area contributed by atoms with Crippen molar-refractivity contribution in [2.24, 2.45) is 0 Å². The van der Waals surface area contributed by atoms with Crippen LogP contribution in [0, 0.1) is 6.92 Å². The van der Waals surface area contributed by atoms with E-state index >= 15 is 0 Å². The summed E-state index contributed by atoms with van der Waals surface area (Å²) >= 11 is 5.63. The van der Waals surface area contributed by atoms with E-state index < -0.39 is 12.6 Å². The lowest BCUT2D eigenvalue weighted by Gasteiger charge is -2.21. The molecule has 4 nitrogen and oxygen atoms in total. The first-order chi connectivity index (χ1) is 7.70. The van der Waals surface area contributed by atoms with Crippen LogP contribution < -0.4 is 10.6 Å². The van der Waals surface area contributed by atoms with Gasteiger partial charge in [-0.05, 0) is 18.5 Å². The smallest absolute Gasteiger partial charge is 0.390 e. The van der Waals surface area contributed by atoms with Crippen molar-refractivity contribution >= 4 is 23.1 Å². The topological polar surface area (TPSA) is 55.0 Å². The minimum atomic E-state index is -4.21. The summed E-state index contributed by atoms with van der Waals surface area (Å²) in [6, 6.07) is 0. The number of nitrogen functional groups attached to an aromatic ring is 1. The molecule has 96 valence electrons. The zero-order valence-electron chi connectivity index (χ0n) is 9.35. The average Bonchev–Trinajstić information content (AvgIpc) is 2.19. The fraction of sp³-hybridized carbons (Fsp3) is 0.556. The molecule has 0 aliphatic rings. The van der Waals surface area contributed by atoms with Crippen molar-refractivity contribution in [2.45, 2.75) is 19.5 Å². The Hall–Kier alpha value is -1.24. The molecule has 1 heterocycles. The van der Waals surface area contributed by atoms with Crippen LogP contribution in [0.25, 0.3) is 0 Å². The van der Waals surface area contributed by atoms with Crippen LogP contribution in [0.15, 0.2) is 0 Å². The van der Waals surface area contributed by atoms with Gasteiger partial charge in [-0.1, -0.05) is 0 Å². The van der Waals surface area contributed by atoms with Crippen LogP contribution in [0.3, 0.4) is 0 Å². The first-order valence-electron chi connectivity index (χ1n) is 4.78. The van der Waals surface area contributed by atoms with Crippen molar-refractivity contribution < 1.29 is 13.2 Å². The van der Waals surface area contributed by atoms with Crippen LogP contribution in [0.4, 0.5) is 24.7 Å². The Balaban J connectivity index is 2.85. The number of nitrogens with zero attached hydrogens (tertiary/aromatic N) is 3. The highest BCUT2D eigenvalue weighted by atomic mass is 35.5. The van der Waals surface area contributed by atoms with Gasteiger partial charge in [-0.25, -0.2) is 4.98 Å². The number of rotatable bonds is 3. The van der Waals surface area contributed by atoms with Crippen LogP contribution >= 0.6 is 11.6 Å². The van der Waals surface area contributed by atoms with Crippen molar-refractivity contribution in [1.82, 2.24) is 9.97 Å². The molecular weight excluding hydrogens is 257 g/mol. The highest BCUT2D eigenvalue weighted by molar-refractivity contribution is 6.28. The Morgan fingerprint density at radius 3 is 2.47 bits per heavy atom. The lowest BCUT2D eigenvalue weighted by Crippen LogP contribution is -2.26. The minimum Gasteiger partial charge on any atom is -0.394 e. The number of aryl methyl sites for hydroxylation is 1.